The number of rotatable bonds is 5. The quantitative estimate of drug-likeness (QED) is 0.741. The van der Waals surface area contributed by atoms with Crippen molar-refractivity contribution in [1.82, 2.24) is 14.7 Å². The summed E-state index contributed by atoms with van der Waals surface area (Å²) >= 11 is 0. The number of hydrogen-bond donors (Lipinski definition) is 0. The highest BCUT2D eigenvalue weighted by molar-refractivity contribution is 5.90. The molecule has 0 bridgehead atoms. The zero-order valence-corrected chi connectivity index (χ0v) is 18.2. The molecule has 2 fully saturated rings. The number of carbonyl (C=O) groups is 2. The molecule has 0 N–H and O–H groups in total. The first kappa shape index (κ1) is 21.4. The molecule has 2 amide bonds. The first-order chi connectivity index (χ1) is 15.1. The van der Waals surface area contributed by atoms with Crippen LogP contribution in [0, 0.1) is 0 Å². The predicted octanol–water partition coefficient (Wildman–Crippen LogP) is 3.52. The Hall–Kier alpha value is -2.86. The van der Waals surface area contributed by atoms with Crippen molar-refractivity contribution in [2.75, 3.05) is 32.7 Å². The lowest BCUT2D eigenvalue weighted by molar-refractivity contribution is -0.143. The minimum atomic E-state index is -0.824. The zero-order valence-electron chi connectivity index (χ0n) is 18.2. The molecule has 2 aliphatic heterocycles. The third kappa shape index (κ3) is 4.90. The van der Waals surface area contributed by atoms with Crippen LogP contribution in [0.1, 0.15) is 30.9 Å². The van der Waals surface area contributed by atoms with Crippen LogP contribution in [-0.4, -0.2) is 65.0 Å². The van der Waals surface area contributed by atoms with Crippen LogP contribution in [0.5, 0.6) is 0 Å². The Balaban J connectivity index is 1.33. The fourth-order valence-corrected chi connectivity index (χ4v) is 4.57. The number of nitrogens with zero attached hydrogens (tertiary/aromatic N) is 3. The fraction of sp³-hybridized carbons (Fsp3) is 0.440. The van der Waals surface area contributed by atoms with Gasteiger partial charge in [0.2, 0.25) is 5.91 Å². The van der Waals surface area contributed by atoms with Crippen LogP contribution in [0.2, 0.25) is 0 Å². The van der Waals surface area contributed by atoms with E-state index in [4.69, 9.17) is 4.74 Å². The molecule has 0 aliphatic carbocycles. The monoisotopic (exact) mass is 421 g/mol. The van der Waals surface area contributed by atoms with Gasteiger partial charge in [-0.3, -0.25) is 14.6 Å². The molecule has 164 valence electrons. The van der Waals surface area contributed by atoms with E-state index >= 15 is 0 Å². The van der Waals surface area contributed by atoms with Crippen molar-refractivity contribution in [3.8, 4) is 0 Å². The summed E-state index contributed by atoms with van der Waals surface area (Å²) in [7, 11) is 0. The minimum Gasteiger partial charge on any atom is -0.445 e. The summed E-state index contributed by atoms with van der Waals surface area (Å²) < 4.78 is 5.54. The molecule has 4 rings (SSSR count). The smallest absolute Gasteiger partial charge is 0.410 e. The second kappa shape index (κ2) is 9.52. The molecule has 2 saturated heterocycles. The molecular weight excluding hydrogens is 390 g/mol. The lowest BCUT2D eigenvalue weighted by Crippen LogP contribution is -2.60. The molecule has 1 unspecified atom stereocenters. The lowest BCUT2D eigenvalue weighted by Gasteiger charge is -2.41. The summed E-state index contributed by atoms with van der Waals surface area (Å²) in [5.41, 5.74) is 1.41. The average Bonchev–Trinajstić information content (AvgIpc) is 3.22. The summed E-state index contributed by atoms with van der Waals surface area (Å²) in [6, 6.07) is 20.0. The maximum atomic E-state index is 13.4. The van der Waals surface area contributed by atoms with E-state index < -0.39 is 11.6 Å². The fourth-order valence-electron chi connectivity index (χ4n) is 4.57. The van der Waals surface area contributed by atoms with Crippen molar-refractivity contribution in [2.24, 2.45) is 0 Å². The number of carbonyl (C=O) groups excluding carboxylic acids is 2. The third-order valence-corrected chi connectivity index (χ3v) is 6.44. The summed E-state index contributed by atoms with van der Waals surface area (Å²) in [6.07, 6.45) is 1.09. The molecule has 0 saturated carbocycles. The van der Waals surface area contributed by atoms with Crippen LogP contribution in [0.4, 0.5) is 4.79 Å². The molecule has 2 aliphatic rings. The van der Waals surface area contributed by atoms with E-state index in [9.17, 15) is 9.59 Å². The first-order valence-corrected chi connectivity index (χ1v) is 11.1. The summed E-state index contributed by atoms with van der Waals surface area (Å²) in [5.74, 6) is 0.0426. The number of benzene rings is 2. The van der Waals surface area contributed by atoms with Crippen molar-refractivity contribution < 1.29 is 14.3 Å². The Labute approximate surface area is 184 Å². The van der Waals surface area contributed by atoms with Crippen molar-refractivity contribution in [3.05, 3.63) is 71.8 Å². The van der Waals surface area contributed by atoms with Gasteiger partial charge in [0.1, 0.15) is 12.1 Å². The molecule has 31 heavy (non-hydrogen) atoms. The van der Waals surface area contributed by atoms with Crippen LogP contribution in [-0.2, 0) is 22.7 Å². The van der Waals surface area contributed by atoms with Crippen molar-refractivity contribution in [2.45, 2.75) is 38.5 Å². The minimum absolute atomic E-state index is 0.0426. The third-order valence-electron chi connectivity index (χ3n) is 6.44. The van der Waals surface area contributed by atoms with Crippen LogP contribution in [0.15, 0.2) is 60.7 Å². The molecule has 2 aromatic rings. The standard InChI is InChI=1S/C25H31N3O3/c1-25(13-8-14-28(25)24(30)31-20-22-11-6-3-7-12-22)23(29)27-17-15-26(16-18-27)19-21-9-4-2-5-10-21/h2-7,9-12H,8,13-20H2,1H3. The molecule has 0 radical (unpaired) electrons. The molecule has 2 heterocycles. The maximum absolute atomic E-state index is 13.4. The van der Waals surface area contributed by atoms with Crippen LogP contribution in [0.25, 0.3) is 0 Å². The predicted molar refractivity (Wildman–Crippen MR) is 119 cm³/mol. The van der Waals surface area contributed by atoms with E-state index in [-0.39, 0.29) is 12.5 Å². The van der Waals surface area contributed by atoms with Gasteiger partial charge in [-0.05, 0) is 30.9 Å². The molecule has 2 aromatic carbocycles. The van der Waals surface area contributed by atoms with E-state index in [0.717, 1.165) is 31.6 Å². The second-order valence-electron chi connectivity index (χ2n) is 8.62. The van der Waals surface area contributed by atoms with Gasteiger partial charge in [-0.15, -0.1) is 0 Å². The molecule has 1 atom stereocenters. The molecule has 0 aromatic heterocycles. The van der Waals surface area contributed by atoms with Gasteiger partial charge >= 0.3 is 6.09 Å². The Morgan fingerprint density at radius 3 is 2.13 bits per heavy atom. The number of hydrogen-bond acceptors (Lipinski definition) is 4. The van der Waals surface area contributed by atoms with Crippen LogP contribution < -0.4 is 0 Å². The van der Waals surface area contributed by atoms with Gasteiger partial charge in [-0.2, -0.15) is 0 Å². The number of likely N-dealkylation sites (tertiary alicyclic amines) is 1. The molecular formula is C25H31N3O3. The highest BCUT2D eigenvalue weighted by Gasteiger charge is 2.48. The molecule has 6 heteroatoms. The SMILES string of the molecule is CC1(C(=O)N2CCN(Cc3ccccc3)CC2)CCCN1C(=O)OCc1ccccc1. The number of piperazine rings is 1. The second-order valence-corrected chi connectivity index (χ2v) is 8.62. The summed E-state index contributed by atoms with van der Waals surface area (Å²) in [6.45, 7) is 6.63. The van der Waals surface area contributed by atoms with E-state index in [1.165, 1.54) is 5.56 Å². The van der Waals surface area contributed by atoms with Gasteiger partial charge in [0.25, 0.3) is 0 Å². The van der Waals surface area contributed by atoms with E-state index in [1.807, 2.05) is 48.2 Å². The van der Waals surface area contributed by atoms with Gasteiger partial charge in [0.15, 0.2) is 0 Å². The van der Waals surface area contributed by atoms with Gasteiger partial charge in [0, 0.05) is 39.3 Å². The van der Waals surface area contributed by atoms with Crippen molar-refractivity contribution in [1.29, 1.82) is 0 Å². The summed E-state index contributed by atoms with van der Waals surface area (Å²) in [5, 5.41) is 0. The zero-order chi connectivity index (χ0) is 21.7. The van der Waals surface area contributed by atoms with Crippen LogP contribution >= 0.6 is 0 Å². The Bertz CT molecular complexity index is 881. The van der Waals surface area contributed by atoms with E-state index in [1.54, 1.807) is 4.90 Å². The Morgan fingerprint density at radius 1 is 0.871 bits per heavy atom. The Kier molecular flexibility index (Phi) is 6.56. The highest BCUT2D eigenvalue weighted by atomic mass is 16.6. The van der Waals surface area contributed by atoms with Gasteiger partial charge in [-0.1, -0.05) is 60.7 Å². The topological polar surface area (TPSA) is 53.1 Å². The number of amides is 2. The summed E-state index contributed by atoms with van der Waals surface area (Å²) in [4.78, 5) is 32.2. The largest absolute Gasteiger partial charge is 0.445 e. The van der Waals surface area contributed by atoms with E-state index in [2.05, 4.69) is 29.2 Å². The Morgan fingerprint density at radius 2 is 1.48 bits per heavy atom. The molecule has 0 spiro atoms. The van der Waals surface area contributed by atoms with E-state index in [0.29, 0.717) is 26.1 Å². The molecule has 6 nitrogen and oxygen atoms in total. The van der Waals surface area contributed by atoms with Gasteiger partial charge in [0.05, 0.1) is 0 Å². The van der Waals surface area contributed by atoms with Gasteiger partial charge in [-0.25, -0.2) is 4.79 Å². The van der Waals surface area contributed by atoms with Crippen molar-refractivity contribution >= 4 is 12.0 Å². The van der Waals surface area contributed by atoms with Crippen molar-refractivity contribution in [3.63, 3.8) is 0 Å². The average molecular weight is 422 g/mol. The lowest BCUT2D eigenvalue weighted by atomic mass is 9.96. The number of ether oxygens (including phenoxy) is 1. The normalized spacial score (nSPS) is 21.8. The first-order valence-electron chi connectivity index (χ1n) is 11.1. The maximum Gasteiger partial charge on any atom is 0.410 e. The highest BCUT2D eigenvalue weighted by Crippen LogP contribution is 2.32. The van der Waals surface area contributed by atoms with Gasteiger partial charge < -0.3 is 9.64 Å². The van der Waals surface area contributed by atoms with Crippen LogP contribution in [0.3, 0.4) is 0 Å².